The first-order valence-electron chi connectivity index (χ1n) is 5.45. The van der Waals surface area contributed by atoms with Crippen LogP contribution in [0.25, 0.3) is 0 Å². The van der Waals surface area contributed by atoms with Crippen LogP contribution in [0.4, 0.5) is 0 Å². The Morgan fingerprint density at radius 1 is 0.944 bits per heavy atom. The zero-order valence-corrected chi connectivity index (χ0v) is 10.5. The zero-order valence-electron chi connectivity index (χ0n) is 10.5. The molecule has 18 heavy (non-hydrogen) atoms. The molecule has 0 bridgehead atoms. The Kier molecular flexibility index (Phi) is 6.62. The SMILES string of the molecule is CCC(=O)O[C@H](C(C)=O)[C@H](OC(=O)CC)C(=O)O. The van der Waals surface area contributed by atoms with Gasteiger partial charge in [0.1, 0.15) is 0 Å². The Morgan fingerprint density at radius 3 is 1.61 bits per heavy atom. The average Bonchev–Trinajstić information content (AvgIpc) is 2.31. The van der Waals surface area contributed by atoms with Crippen LogP contribution in [0.3, 0.4) is 0 Å². The van der Waals surface area contributed by atoms with E-state index in [-0.39, 0.29) is 12.8 Å². The summed E-state index contributed by atoms with van der Waals surface area (Å²) in [6.45, 7) is 4.03. The van der Waals surface area contributed by atoms with Crippen molar-refractivity contribution in [1.29, 1.82) is 0 Å². The Labute approximate surface area is 104 Å². The van der Waals surface area contributed by atoms with Gasteiger partial charge < -0.3 is 14.6 Å². The van der Waals surface area contributed by atoms with Crippen molar-refractivity contribution >= 4 is 23.7 Å². The lowest BCUT2D eigenvalue weighted by Gasteiger charge is -2.21. The van der Waals surface area contributed by atoms with Gasteiger partial charge in [-0.25, -0.2) is 4.79 Å². The first-order valence-corrected chi connectivity index (χ1v) is 5.45. The van der Waals surface area contributed by atoms with Crippen molar-refractivity contribution in [3.63, 3.8) is 0 Å². The summed E-state index contributed by atoms with van der Waals surface area (Å²) in [5, 5.41) is 8.90. The summed E-state index contributed by atoms with van der Waals surface area (Å²) in [6, 6.07) is 0. The van der Waals surface area contributed by atoms with Crippen LogP contribution >= 0.6 is 0 Å². The molecule has 0 heterocycles. The summed E-state index contributed by atoms with van der Waals surface area (Å²) in [5.74, 6) is -3.77. The van der Waals surface area contributed by atoms with Crippen LogP contribution in [0.5, 0.6) is 0 Å². The van der Waals surface area contributed by atoms with Gasteiger partial charge in [-0.1, -0.05) is 13.8 Å². The standard InChI is InChI=1S/C11H16O7/c1-4-7(13)17-9(6(3)12)10(11(15)16)18-8(14)5-2/h9-10H,4-5H2,1-3H3,(H,15,16)/t9-,10+/m1/s1. The maximum atomic E-state index is 11.3. The molecule has 0 rings (SSSR count). The lowest BCUT2D eigenvalue weighted by atomic mass is 10.1. The number of Topliss-reactive ketones (excluding diaryl/α,β-unsaturated/α-hetero) is 1. The van der Waals surface area contributed by atoms with Gasteiger partial charge >= 0.3 is 17.9 Å². The van der Waals surface area contributed by atoms with Crippen LogP contribution < -0.4 is 0 Å². The number of ether oxygens (including phenoxy) is 2. The third-order valence-electron chi connectivity index (χ3n) is 2.01. The number of carbonyl (C=O) groups excluding carboxylic acids is 3. The monoisotopic (exact) mass is 260 g/mol. The number of esters is 2. The lowest BCUT2D eigenvalue weighted by molar-refractivity contribution is -0.181. The molecule has 102 valence electrons. The van der Waals surface area contributed by atoms with E-state index in [9.17, 15) is 19.2 Å². The second-order valence-electron chi connectivity index (χ2n) is 3.48. The van der Waals surface area contributed by atoms with Gasteiger partial charge in [0.25, 0.3) is 0 Å². The third kappa shape index (κ3) is 4.94. The summed E-state index contributed by atoms with van der Waals surface area (Å²) in [4.78, 5) is 44.4. The molecule has 0 aromatic carbocycles. The van der Waals surface area contributed by atoms with E-state index < -0.39 is 35.9 Å². The highest BCUT2D eigenvalue weighted by molar-refractivity contribution is 5.91. The summed E-state index contributed by atoms with van der Waals surface area (Å²) in [5.41, 5.74) is 0. The highest BCUT2D eigenvalue weighted by atomic mass is 16.6. The molecule has 0 saturated carbocycles. The molecular weight excluding hydrogens is 244 g/mol. The van der Waals surface area contributed by atoms with E-state index in [1.54, 1.807) is 0 Å². The van der Waals surface area contributed by atoms with E-state index in [2.05, 4.69) is 9.47 Å². The van der Waals surface area contributed by atoms with Crippen molar-refractivity contribution < 1.29 is 33.8 Å². The summed E-state index contributed by atoms with van der Waals surface area (Å²) in [6.07, 6.45) is -3.50. The quantitative estimate of drug-likeness (QED) is 0.656. The van der Waals surface area contributed by atoms with Crippen molar-refractivity contribution in [1.82, 2.24) is 0 Å². The minimum atomic E-state index is -1.81. The van der Waals surface area contributed by atoms with Gasteiger partial charge in [0.2, 0.25) is 12.2 Å². The number of hydrogen-bond acceptors (Lipinski definition) is 6. The average molecular weight is 260 g/mol. The molecule has 2 atom stereocenters. The van der Waals surface area contributed by atoms with Crippen molar-refractivity contribution in [3.8, 4) is 0 Å². The molecule has 0 unspecified atom stereocenters. The summed E-state index contributed by atoms with van der Waals surface area (Å²) in [7, 11) is 0. The molecule has 0 spiro atoms. The number of rotatable bonds is 7. The molecular formula is C11H16O7. The van der Waals surface area contributed by atoms with Gasteiger partial charge in [-0.15, -0.1) is 0 Å². The van der Waals surface area contributed by atoms with E-state index in [0.717, 1.165) is 6.92 Å². The Hall–Kier alpha value is -1.92. The fourth-order valence-corrected chi connectivity index (χ4v) is 1.05. The number of carbonyl (C=O) groups is 4. The molecule has 0 fully saturated rings. The van der Waals surface area contributed by atoms with E-state index >= 15 is 0 Å². The van der Waals surface area contributed by atoms with Crippen LogP contribution in [-0.4, -0.2) is 41.0 Å². The van der Waals surface area contributed by atoms with Gasteiger partial charge in [0, 0.05) is 12.8 Å². The van der Waals surface area contributed by atoms with Gasteiger partial charge in [0.05, 0.1) is 0 Å². The van der Waals surface area contributed by atoms with E-state index in [0.29, 0.717) is 0 Å². The maximum absolute atomic E-state index is 11.3. The third-order valence-corrected chi connectivity index (χ3v) is 2.01. The van der Waals surface area contributed by atoms with Gasteiger partial charge in [-0.2, -0.15) is 0 Å². The minimum absolute atomic E-state index is 0.0160. The van der Waals surface area contributed by atoms with Crippen LogP contribution in [0, 0.1) is 0 Å². The second kappa shape index (κ2) is 7.41. The Balaban J connectivity index is 4.99. The molecule has 0 aliphatic rings. The van der Waals surface area contributed by atoms with E-state index in [1.807, 2.05) is 0 Å². The number of carboxylic acids is 1. The molecule has 7 nitrogen and oxygen atoms in total. The first-order chi connectivity index (χ1) is 8.33. The van der Waals surface area contributed by atoms with Crippen LogP contribution in [0.15, 0.2) is 0 Å². The molecule has 1 N–H and O–H groups in total. The van der Waals surface area contributed by atoms with E-state index in [1.165, 1.54) is 13.8 Å². The van der Waals surface area contributed by atoms with Crippen molar-refractivity contribution in [2.24, 2.45) is 0 Å². The van der Waals surface area contributed by atoms with Crippen molar-refractivity contribution in [2.75, 3.05) is 0 Å². The molecule has 0 aromatic heterocycles. The Bertz CT molecular complexity index is 313. The van der Waals surface area contributed by atoms with E-state index in [4.69, 9.17) is 5.11 Å². The van der Waals surface area contributed by atoms with Gasteiger partial charge in [-0.3, -0.25) is 14.4 Å². The zero-order chi connectivity index (χ0) is 14.3. The number of carboxylic acid groups (broad SMARTS) is 1. The van der Waals surface area contributed by atoms with Crippen LogP contribution in [0.1, 0.15) is 33.6 Å². The molecule has 0 aromatic rings. The second-order valence-corrected chi connectivity index (χ2v) is 3.48. The molecule has 0 amide bonds. The summed E-state index contributed by atoms with van der Waals surface area (Å²) >= 11 is 0. The highest BCUT2D eigenvalue weighted by Gasteiger charge is 2.37. The fourth-order valence-electron chi connectivity index (χ4n) is 1.05. The molecule has 0 saturated heterocycles. The molecule has 0 radical (unpaired) electrons. The predicted octanol–water partition coefficient (Wildman–Crippen LogP) is 0.304. The number of hydrogen-bond donors (Lipinski definition) is 1. The highest BCUT2D eigenvalue weighted by Crippen LogP contribution is 2.09. The molecule has 0 aliphatic carbocycles. The Morgan fingerprint density at radius 2 is 1.33 bits per heavy atom. The maximum Gasteiger partial charge on any atom is 0.349 e. The normalized spacial score (nSPS) is 13.3. The predicted molar refractivity (Wildman–Crippen MR) is 58.7 cm³/mol. The smallest absolute Gasteiger partial charge is 0.349 e. The topological polar surface area (TPSA) is 107 Å². The van der Waals surface area contributed by atoms with Gasteiger partial charge in [0.15, 0.2) is 5.78 Å². The van der Waals surface area contributed by atoms with Crippen molar-refractivity contribution in [2.45, 2.75) is 45.8 Å². The minimum Gasteiger partial charge on any atom is -0.478 e. The first kappa shape index (κ1) is 16.1. The number of aliphatic carboxylic acids is 1. The largest absolute Gasteiger partial charge is 0.478 e. The van der Waals surface area contributed by atoms with Gasteiger partial charge in [-0.05, 0) is 6.92 Å². The van der Waals surface area contributed by atoms with Crippen LogP contribution in [0.2, 0.25) is 0 Å². The lowest BCUT2D eigenvalue weighted by Crippen LogP contribution is -2.44. The number of ketones is 1. The van der Waals surface area contributed by atoms with Crippen LogP contribution in [-0.2, 0) is 28.7 Å². The van der Waals surface area contributed by atoms with Crippen molar-refractivity contribution in [3.05, 3.63) is 0 Å². The fraction of sp³-hybridized carbons (Fsp3) is 0.636. The molecule has 0 aliphatic heterocycles. The summed E-state index contributed by atoms with van der Waals surface area (Å²) < 4.78 is 9.28. The molecule has 7 heteroatoms.